The minimum absolute atomic E-state index is 0.0211. The topological polar surface area (TPSA) is 225 Å². The molecule has 114 heavy (non-hydrogen) atoms. The van der Waals surface area contributed by atoms with E-state index in [1.54, 1.807) is 23.4 Å². The zero-order chi connectivity index (χ0) is 79.8. The van der Waals surface area contributed by atoms with Gasteiger partial charge in [-0.15, -0.1) is 0 Å². The Hall–Kier alpha value is -6.83. The molecule has 0 bridgehead atoms. The van der Waals surface area contributed by atoms with Crippen molar-refractivity contribution in [3.63, 3.8) is 0 Å². The standard InChI is InChI=1S/C17H22N2O.C15H17F3N2O.C14H17BrN2O.C14H15F3N2O.C14H17IN2O.C13H15BrN2O/c20-17(13-4-2-1-3-5-13)16-9-14(12-6-7-12)8-15-10-18-11-19(15)16;16-15(17,18)11-6-12-8-19-9-20(12)13(7-11)14(21)10-4-2-1-3-5-10;15-11-6-12-8-16-9-17(12)13(7-11)14(18)10-4-2-1-3-5-10;15-14(16,17)10-5-11-7-18-8-19(11)12(6-10)13(20)9-3-1-2-4-9;15-11-6-12-8-16-9-17(12)13(7-11)14(18)10-4-2-1-3-5-10;14-10-5-11-7-15-8-16(11)12(6-10)13(17)9-3-1-2-4-9/h8-13,17,20H,1-7H2;6-10,14,21H,1-5H2;6-10,14,18H,1-5H2;5-9,13,20H,1-4H2;6-10,14,18H,1-5H2;5-9,13,17H,1-4H2. The molecule has 18 nitrogen and oxygen atoms in total. The first-order chi connectivity index (χ1) is 55.0. The van der Waals surface area contributed by atoms with Gasteiger partial charge in [-0.3, -0.25) is 0 Å². The fourth-order valence-electron chi connectivity index (χ4n) is 18.4. The number of aromatic nitrogens is 12. The highest BCUT2D eigenvalue weighted by molar-refractivity contribution is 14.1. The number of hydrogen-bond acceptors (Lipinski definition) is 12. The van der Waals surface area contributed by atoms with Crippen LogP contribution in [0.3, 0.4) is 0 Å². The molecule has 0 radical (unpaired) electrons. The number of halogens is 9. The highest BCUT2D eigenvalue weighted by Gasteiger charge is 2.37. The van der Waals surface area contributed by atoms with E-state index >= 15 is 0 Å². The third-order valence-electron chi connectivity index (χ3n) is 24.8. The van der Waals surface area contributed by atoms with Crippen LogP contribution in [0.25, 0.3) is 33.1 Å². The van der Waals surface area contributed by atoms with E-state index in [0.717, 1.165) is 191 Å². The highest BCUT2D eigenvalue weighted by atomic mass is 127. The quantitative estimate of drug-likeness (QED) is 0.0468. The molecule has 7 saturated carbocycles. The summed E-state index contributed by atoms with van der Waals surface area (Å²) in [5, 5.41) is 63.5. The van der Waals surface area contributed by atoms with Crippen LogP contribution < -0.4 is 0 Å². The number of imidazole rings is 6. The van der Waals surface area contributed by atoms with Crippen LogP contribution in [0.1, 0.15) is 286 Å². The summed E-state index contributed by atoms with van der Waals surface area (Å²) in [6.45, 7) is 0. The van der Waals surface area contributed by atoms with Gasteiger partial charge in [0.1, 0.15) is 0 Å². The highest BCUT2D eigenvalue weighted by Crippen LogP contribution is 2.46. The van der Waals surface area contributed by atoms with Crippen molar-refractivity contribution in [3.05, 3.63) is 211 Å². The summed E-state index contributed by atoms with van der Waals surface area (Å²) in [5.41, 5.74) is 9.34. The van der Waals surface area contributed by atoms with E-state index in [0.29, 0.717) is 40.6 Å². The van der Waals surface area contributed by atoms with Gasteiger partial charge >= 0.3 is 12.4 Å². The third kappa shape index (κ3) is 20.1. The number of fused-ring (bicyclic) bond motifs is 6. The normalized spacial score (nSPS) is 19.6. The minimum Gasteiger partial charge on any atom is -0.387 e. The molecule has 6 atom stereocenters. The molecule has 12 heterocycles. The van der Waals surface area contributed by atoms with E-state index in [-0.39, 0.29) is 47.6 Å². The molecule has 7 aliphatic carbocycles. The molecule has 7 aliphatic rings. The molecule has 27 heteroatoms. The second kappa shape index (κ2) is 37.8. The van der Waals surface area contributed by atoms with Gasteiger partial charge in [-0.05, 0) is 232 Å². The van der Waals surface area contributed by atoms with Crippen LogP contribution in [0.15, 0.2) is 157 Å². The Morgan fingerprint density at radius 2 is 0.518 bits per heavy atom. The lowest BCUT2D eigenvalue weighted by atomic mass is 9.83. The molecular formula is C87H103Br2F6IN12O6. The van der Waals surface area contributed by atoms with E-state index < -0.39 is 35.7 Å². The van der Waals surface area contributed by atoms with Crippen molar-refractivity contribution in [2.75, 3.05) is 0 Å². The number of pyridine rings is 6. The first-order valence-corrected chi connectivity index (χ1v) is 43.6. The maximum Gasteiger partial charge on any atom is 0.416 e. The summed E-state index contributed by atoms with van der Waals surface area (Å²) in [6, 6.07) is 20.9. The average Bonchev–Trinajstić information content (AvgIpc) is 1.61. The van der Waals surface area contributed by atoms with Gasteiger partial charge in [0.25, 0.3) is 0 Å². The first kappa shape index (κ1) is 83.7. The molecule has 0 aliphatic heterocycles. The monoisotopic (exact) mass is 1810 g/mol. The van der Waals surface area contributed by atoms with Gasteiger partial charge in [-0.1, -0.05) is 135 Å². The summed E-state index contributed by atoms with van der Waals surface area (Å²) in [5.74, 6) is 2.38. The van der Waals surface area contributed by atoms with Crippen LogP contribution in [0.2, 0.25) is 0 Å². The summed E-state index contributed by atoms with van der Waals surface area (Å²) in [7, 11) is 0. The number of rotatable bonds is 13. The molecule has 0 amide bonds. The molecule has 610 valence electrons. The van der Waals surface area contributed by atoms with Crippen molar-refractivity contribution in [2.24, 2.45) is 35.5 Å². The van der Waals surface area contributed by atoms with Gasteiger partial charge in [0.15, 0.2) is 0 Å². The van der Waals surface area contributed by atoms with Crippen LogP contribution in [-0.2, 0) is 12.4 Å². The fraction of sp³-hybridized carbons (Fsp3) is 0.517. The minimum atomic E-state index is -4.42. The van der Waals surface area contributed by atoms with Crippen LogP contribution in [0, 0.1) is 39.1 Å². The van der Waals surface area contributed by atoms with E-state index in [1.165, 1.54) is 118 Å². The van der Waals surface area contributed by atoms with Gasteiger partial charge < -0.3 is 57.0 Å². The largest absolute Gasteiger partial charge is 0.416 e. The maximum atomic E-state index is 13.0. The van der Waals surface area contributed by atoms with Crippen molar-refractivity contribution >= 4 is 87.6 Å². The van der Waals surface area contributed by atoms with Crippen molar-refractivity contribution in [3.8, 4) is 0 Å². The predicted octanol–water partition coefficient (Wildman–Crippen LogP) is 22.0. The predicted molar refractivity (Wildman–Crippen MR) is 441 cm³/mol. The second-order valence-corrected chi connectivity index (χ2v) is 35.7. The van der Waals surface area contributed by atoms with E-state index in [1.807, 2.05) is 68.6 Å². The molecule has 0 spiro atoms. The van der Waals surface area contributed by atoms with Crippen LogP contribution in [0.4, 0.5) is 26.3 Å². The Balaban J connectivity index is 0.000000113. The van der Waals surface area contributed by atoms with Crippen LogP contribution >= 0.6 is 54.5 Å². The number of alkyl halides is 6. The van der Waals surface area contributed by atoms with Gasteiger partial charge in [0.2, 0.25) is 0 Å². The Labute approximate surface area is 690 Å². The zero-order valence-electron chi connectivity index (χ0n) is 64.0. The summed E-state index contributed by atoms with van der Waals surface area (Å²) >= 11 is 9.30. The van der Waals surface area contributed by atoms with Crippen LogP contribution in [-0.4, -0.2) is 86.9 Å². The molecule has 6 unspecified atom stereocenters. The number of nitrogens with zero attached hydrogens (tertiary/aromatic N) is 12. The molecule has 0 aromatic carbocycles. The van der Waals surface area contributed by atoms with Gasteiger partial charge in [0.05, 0.1) is 190 Å². The van der Waals surface area contributed by atoms with Crippen molar-refractivity contribution in [1.82, 2.24) is 56.3 Å². The molecule has 19 rings (SSSR count). The van der Waals surface area contributed by atoms with E-state index in [9.17, 15) is 57.0 Å². The number of aliphatic hydroxyl groups excluding tert-OH is 6. The Kier molecular flexibility index (Phi) is 27.8. The van der Waals surface area contributed by atoms with Gasteiger partial charge in [-0.25, -0.2) is 29.9 Å². The molecule has 12 aromatic rings. The molecule has 7 fully saturated rings. The molecule has 6 N–H and O–H groups in total. The lowest BCUT2D eigenvalue weighted by molar-refractivity contribution is -0.138. The van der Waals surface area contributed by atoms with Crippen molar-refractivity contribution in [1.29, 1.82) is 0 Å². The lowest BCUT2D eigenvalue weighted by Gasteiger charge is -2.27. The molecule has 0 saturated heterocycles. The van der Waals surface area contributed by atoms with E-state index in [4.69, 9.17) is 0 Å². The van der Waals surface area contributed by atoms with E-state index in [2.05, 4.69) is 113 Å². The first-order valence-electron chi connectivity index (χ1n) is 41.0. The summed E-state index contributed by atoms with van der Waals surface area (Å²) < 4.78 is 92.1. The third-order valence-corrected chi connectivity index (χ3v) is 26.4. The van der Waals surface area contributed by atoms with Gasteiger partial charge in [0, 0.05) is 12.5 Å². The van der Waals surface area contributed by atoms with Crippen LogP contribution in [0.5, 0.6) is 0 Å². The van der Waals surface area contributed by atoms with Crippen molar-refractivity contribution < 1.29 is 57.0 Å². The smallest absolute Gasteiger partial charge is 0.387 e. The molecule has 12 aromatic heterocycles. The molecular weight excluding hydrogens is 1710 g/mol. The summed E-state index contributed by atoms with van der Waals surface area (Å²) in [6.07, 6.45) is 42.4. The SMILES string of the molecule is OC(c1cc(Br)cc2cncn12)C1CCCC1.OC(c1cc(Br)cc2cncn12)C1CCCCC1.OC(c1cc(C(F)(F)F)cc2cncn12)C1CCCC1.OC(c1cc(C(F)(F)F)cc2cncn12)C1CCCCC1.OC(c1cc(C2CC2)cc2cncn12)C1CCCCC1.OC(c1cc(I)cc2cncn12)C1CCCCC1. The Bertz CT molecular complexity index is 5020. The fourth-order valence-corrected chi connectivity index (χ4v) is 20.0. The average molecular weight is 1810 g/mol. The summed E-state index contributed by atoms with van der Waals surface area (Å²) in [4.78, 5) is 24.5. The Morgan fingerprint density at radius 1 is 0.289 bits per heavy atom. The maximum absolute atomic E-state index is 13.0. The number of hydrogen-bond donors (Lipinski definition) is 6. The van der Waals surface area contributed by atoms with Gasteiger partial charge in [-0.2, -0.15) is 26.3 Å². The Morgan fingerprint density at radius 3 is 0.789 bits per heavy atom. The number of aliphatic hydroxyl groups is 6. The lowest BCUT2D eigenvalue weighted by Crippen LogP contribution is -2.19. The zero-order valence-corrected chi connectivity index (χ0v) is 69.4. The second-order valence-electron chi connectivity index (χ2n) is 32.6. The van der Waals surface area contributed by atoms with Crippen molar-refractivity contribution in [2.45, 2.75) is 248 Å².